The molecule has 0 atom stereocenters. The van der Waals surface area contributed by atoms with Gasteiger partial charge in [0.1, 0.15) is 7.85 Å². The summed E-state index contributed by atoms with van der Waals surface area (Å²) in [7, 11) is 6.78. The summed E-state index contributed by atoms with van der Waals surface area (Å²) in [6, 6.07) is 10.7. The van der Waals surface area contributed by atoms with Gasteiger partial charge in [-0.25, -0.2) is 0 Å². The first-order valence-corrected chi connectivity index (χ1v) is 12.5. The third kappa shape index (κ3) is 3.21. The van der Waals surface area contributed by atoms with Crippen LogP contribution in [0.5, 0.6) is 0 Å². The molecular formula is C30H25BS. The van der Waals surface area contributed by atoms with Gasteiger partial charge >= 0.3 is 0 Å². The van der Waals surface area contributed by atoms with E-state index < -0.39 is 0 Å². The van der Waals surface area contributed by atoms with E-state index in [1.54, 1.807) is 11.3 Å². The zero-order chi connectivity index (χ0) is 21.5. The van der Waals surface area contributed by atoms with E-state index in [0.29, 0.717) is 0 Å². The van der Waals surface area contributed by atoms with E-state index in [0.717, 1.165) is 43.3 Å². The van der Waals surface area contributed by atoms with Crippen LogP contribution in [-0.4, -0.2) is 7.85 Å². The Morgan fingerprint density at radius 3 is 2.31 bits per heavy atom. The van der Waals surface area contributed by atoms with E-state index in [9.17, 15) is 0 Å². The molecule has 0 unspecified atom stereocenters. The summed E-state index contributed by atoms with van der Waals surface area (Å²) >= 11 is 1.77. The minimum Gasteiger partial charge on any atom is -0.150 e. The average Bonchev–Trinajstić information content (AvgIpc) is 3.21. The smallest absolute Gasteiger partial charge is 0.129 e. The zero-order valence-corrected chi connectivity index (χ0v) is 19.1. The van der Waals surface area contributed by atoms with Crippen molar-refractivity contribution in [1.82, 2.24) is 0 Å². The van der Waals surface area contributed by atoms with Gasteiger partial charge in [0.2, 0.25) is 0 Å². The zero-order valence-electron chi connectivity index (χ0n) is 18.2. The van der Waals surface area contributed by atoms with Gasteiger partial charge in [0.25, 0.3) is 0 Å². The average molecular weight is 428 g/mol. The SMILES string of the molecule is [B]c1sc2c(C3=CCCC=C3)c(C3=CC=CCC3)c3c(c2c1-c1ccccc1)=CCCC=3. The quantitative estimate of drug-likeness (QED) is 0.437. The molecule has 1 aromatic heterocycles. The summed E-state index contributed by atoms with van der Waals surface area (Å²) in [5, 5.41) is 4.14. The maximum Gasteiger partial charge on any atom is 0.129 e. The predicted molar refractivity (Wildman–Crippen MR) is 143 cm³/mol. The molecule has 6 rings (SSSR count). The lowest BCUT2D eigenvalue weighted by molar-refractivity contribution is 1.04. The second kappa shape index (κ2) is 8.26. The van der Waals surface area contributed by atoms with Gasteiger partial charge in [-0.15, -0.1) is 0 Å². The largest absolute Gasteiger partial charge is 0.150 e. The number of thiophene rings is 1. The Kier molecular flexibility index (Phi) is 5.12. The van der Waals surface area contributed by atoms with E-state index >= 15 is 0 Å². The number of hydrogen-bond acceptors (Lipinski definition) is 1. The van der Waals surface area contributed by atoms with E-state index in [2.05, 4.69) is 78.9 Å². The molecule has 0 nitrogen and oxygen atoms in total. The van der Waals surface area contributed by atoms with Gasteiger partial charge in [-0.05, 0) is 81.6 Å². The van der Waals surface area contributed by atoms with Crippen LogP contribution in [-0.2, 0) is 0 Å². The molecule has 0 spiro atoms. The van der Waals surface area contributed by atoms with Gasteiger partial charge in [-0.1, -0.05) is 78.9 Å². The summed E-state index contributed by atoms with van der Waals surface area (Å²) in [5.74, 6) is 0. The first-order chi connectivity index (χ1) is 15.8. The van der Waals surface area contributed by atoms with Gasteiger partial charge in [0.05, 0.1) is 0 Å². The molecular weight excluding hydrogens is 403 g/mol. The fourth-order valence-electron chi connectivity index (χ4n) is 5.39. The maximum atomic E-state index is 6.78. The molecule has 1 heterocycles. The molecule has 0 fully saturated rings. The molecule has 0 aliphatic heterocycles. The normalized spacial score (nSPS) is 17.4. The molecule has 0 saturated heterocycles. The Morgan fingerprint density at radius 2 is 1.56 bits per heavy atom. The summed E-state index contributed by atoms with van der Waals surface area (Å²) in [5.41, 5.74) is 8.06. The highest BCUT2D eigenvalue weighted by atomic mass is 32.1. The van der Waals surface area contributed by atoms with E-state index in [4.69, 9.17) is 7.85 Å². The van der Waals surface area contributed by atoms with Crippen LogP contribution >= 0.6 is 11.3 Å². The first-order valence-electron chi connectivity index (χ1n) is 11.7. The second-order valence-electron chi connectivity index (χ2n) is 8.77. The molecule has 3 aliphatic carbocycles. The van der Waals surface area contributed by atoms with Crippen molar-refractivity contribution < 1.29 is 0 Å². The highest BCUT2D eigenvalue weighted by molar-refractivity contribution is 7.27. The number of allylic oxidation sites excluding steroid dienone is 8. The Bertz CT molecular complexity index is 1460. The topological polar surface area (TPSA) is 0 Å². The van der Waals surface area contributed by atoms with Crippen molar-refractivity contribution in [3.8, 4) is 11.1 Å². The molecule has 2 radical (unpaired) electrons. The maximum absolute atomic E-state index is 6.78. The van der Waals surface area contributed by atoms with Crippen LogP contribution in [0.2, 0.25) is 0 Å². The van der Waals surface area contributed by atoms with Gasteiger partial charge in [-0.2, -0.15) is 11.3 Å². The summed E-state index contributed by atoms with van der Waals surface area (Å²) in [4.78, 5) is 0. The van der Waals surface area contributed by atoms with Crippen molar-refractivity contribution in [2.24, 2.45) is 0 Å². The number of rotatable bonds is 3. The number of hydrogen-bond donors (Lipinski definition) is 0. The van der Waals surface area contributed by atoms with Crippen molar-refractivity contribution in [1.29, 1.82) is 0 Å². The van der Waals surface area contributed by atoms with Crippen LogP contribution in [0.25, 0.3) is 44.5 Å². The molecule has 3 aliphatic rings. The lowest BCUT2D eigenvalue weighted by Gasteiger charge is -2.21. The molecule has 32 heavy (non-hydrogen) atoms. The van der Waals surface area contributed by atoms with Crippen LogP contribution in [0.15, 0.2) is 66.8 Å². The minimum atomic E-state index is 0.920. The standard InChI is InChI=1S/C30H25BS/c31-30-27(22-16-8-3-9-17-22)28-24-19-11-10-18-23(24)25(20-12-4-1-5-13-20)26(29(28)32-30)21-14-6-2-7-15-21/h1,3-4,6,8-9,12,14-19H,2,5,7,10-11,13H2. The van der Waals surface area contributed by atoms with E-state index in [1.165, 1.54) is 53.9 Å². The van der Waals surface area contributed by atoms with Gasteiger partial charge < -0.3 is 0 Å². The monoisotopic (exact) mass is 428 g/mol. The van der Waals surface area contributed by atoms with Crippen LogP contribution in [0.3, 0.4) is 0 Å². The third-order valence-corrected chi connectivity index (χ3v) is 7.82. The summed E-state index contributed by atoms with van der Waals surface area (Å²) < 4.78 is 2.26. The lowest BCUT2D eigenvalue weighted by Crippen LogP contribution is -2.32. The fraction of sp³-hybridized carbons (Fsp3) is 0.200. The van der Waals surface area contributed by atoms with Crippen LogP contribution in [0.1, 0.15) is 49.7 Å². The highest BCUT2D eigenvalue weighted by Gasteiger charge is 2.23. The van der Waals surface area contributed by atoms with Crippen LogP contribution in [0, 0.1) is 0 Å². The Balaban J connectivity index is 1.82. The molecule has 0 amide bonds. The first kappa shape index (κ1) is 19.8. The molecule has 0 bridgehead atoms. The van der Waals surface area contributed by atoms with Crippen molar-refractivity contribution in [3.05, 3.63) is 88.4 Å². The minimum absolute atomic E-state index is 0.920. The number of benzene rings is 2. The summed E-state index contributed by atoms with van der Waals surface area (Å²) in [6.07, 6.45) is 25.5. The molecule has 3 aromatic rings. The lowest BCUT2D eigenvalue weighted by atomic mass is 9.82. The van der Waals surface area contributed by atoms with Gasteiger partial charge in [0, 0.05) is 15.6 Å². The Labute approximate surface area is 195 Å². The Hall–Kier alpha value is -2.84. The highest BCUT2D eigenvalue weighted by Crippen LogP contribution is 2.39. The van der Waals surface area contributed by atoms with Crippen molar-refractivity contribution in [3.63, 3.8) is 0 Å². The number of fused-ring (bicyclic) bond motifs is 3. The third-order valence-electron chi connectivity index (χ3n) is 6.79. The van der Waals surface area contributed by atoms with Crippen molar-refractivity contribution in [2.75, 3.05) is 0 Å². The molecule has 2 aromatic carbocycles. The van der Waals surface area contributed by atoms with Gasteiger partial charge in [0.15, 0.2) is 0 Å². The molecule has 2 heteroatoms. The molecule has 0 saturated carbocycles. The summed E-state index contributed by atoms with van der Waals surface area (Å²) in [6.45, 7) is 0. The van der Waals surface area contributed by atoms with Crippen LogP contribution in [0.4, 0.5) is 0 Å². The second-order valence-corrected chi connectivity index (χ2v) is 9.82. The fourth-order valence-corrected chi connectivity index (χ4v) is 6.57. The van der Waals surface area contributed by atoms with Crippen LogP contribution < -0.4 is 15.2 Å². The predicted octanol–water partition coefficient (Wildman–Crippen LogP) is 6.18. The van der Waals surface area contributed by atoms with Gasteiger partial charge in [-0.3, -0.25) is 0 Å². The van der Waals surface area contributed by atoms with Crippen molar-refractivity contribution >= 4 is 57.3 Å². The molecule has 0 N–H and O–H groups in total. The molecule has 154 valence electrons. The van der Waals surface area contributed by atoms with Crippen molar-refractivity contribution in [2.45, 2.75) is 38.5 Å². The van der Waals surface area contributed by atoms with E-state index in [-0.39, 0.29) is 0 Å². The Morgan fingerprint density at radius 1 is 0.750 bits per heavy atom. The van der Waals surface area contributed by atoms with E-state index in [1.807, 2.05) is 0 Å².